The molecule has 1 heterocycles. The van der Waals surface area contributed by atoms with Gasteiger partial charge in [0.1, 0.15) is 17.0 Å². The van der Waals surface area contributed by atoms with Crippen molar-refractivity contribution in [3.63, 3.8) is 0 Å². The van der Waals surface area contributed by atoms with Gasteiger partial charge >= 0.3 is 0 Å². The van der Waals surface area contributed by atoms with Crippen LogP contribution in [0, 0.1) is 6.92 Å². The fourth-order valence-corrected chi connectivity index (χ4v) is 3.14. The van der Waals surface area contributed by atoms with Crippen LogP contribution in [0.15, 0.2) is 47.0 Å². The number of aromatic nitrogens is 1. The summed E-state index contributed by atoms with van der Waals surface area (Å²) in [7, 11) is 4.65. The molecule has 1 N–H and O–H groups in total. The molecule has 3 aromatic rings. The molecule has 0 radical (unpaired) electrons. The fourth-order valence-electron chi connectivity index (χ4n) is 3.14. The zero-order valence-electron chi connectivity index (χ0n) is 17.1. The van der Waals surface area contributed by atoms with Gasteiger partial charge in [-0.3, -0.25) is 4.79 Å². The van der Waals surface area contributed by atoms with Gasteiger partial charge in [-0.25, -0.2) is 0 Å². The van der Waals surface area contributed by atoms with E-state index in [1.54, 1.807) is 28.3 Å². The topological polar surface area (TPSA) is 82.8 Å². The molecular weight excluding hydrogens is 372 g/mol. The van der Waals surface area contributed by atoms with E-state index in [0.717, 1.165) is 11.1 Å². The average Bonchev–Trinajstić information content (AvgIpc) is 3.14. The number of nitrogens with zero attached hydrogens (tertiary/aromatic N) is 1. The van der Waals surface area contributed by atoms with Gasteiger partial charge in [0.05, 0.1) is 27.4 Å². The molecule has 1 aromatic heterocycles. The fraction of sp³-hybridized carbons (Fsp3) is 0.273. The number of hydrogen-bond acceptors (Lipinski definition) is 6. The lowest BCUT2D eigenvalue weighted by molar-refractivity contribution is 0.0938. The summed E-state index contributed by atoms with van der Waals surface area (Å²) in [4.78, 5) is 13.0. The van der Waals surface area contributed by atoms with E-state index in [2.05, 4.69) is 10.5 Å². The maximum atomic E-state index is 13.0. The van der Waals surface area contributed by atoms with Crippen molar-refractivity contribution in [3.8, 4) is 28.5 Å². The molecule has 152 valence electrons. The minimum Gasteiger partial charge on any atom is -0.493 e. The second-order valence-electron chi connectivity index (χ2n) is 6.48. The van der Waals surface area contributed by atoms with Gasteiger partial charge in [0.25, 0.3) is 5.91 Å². The monoisotopic (exact) mass is 396 g/mol. The summed E-state index contributed by atoms with van der Waals surface area (Å²) < 4.78 is 21.5. The predicted molar refractivity (Wildman–Crippen MR) is 109 cm³/mol. The number of rotatable bonds is 7. The third-order valence-electron chi connectivity index (χ3n) is 4.67. The number of amides is 1. The van der Waals surface area contributed by atoms with E-state index in [9.17, 15) is 4.79 Å². The van der Waals surface area contributed by atoms with E-state index >= 15 is 0 Å². The van der Waals surface area contributed by atoms with Gasteiger partial charge in [-0.15, -0.1) is 0 Å². The SMILES string of the molecule is COc1cc([C@H](C)NC(=O)c2c(-c3ccccc3)noc2C)cc(OC)c1OC. The Kier molecular flexibility index (Phi) is 6.07. The Bertz CT molecular complexity index is 973. The van der Waals surface area contributed by atoms with Crippen molar-refractivity contribution in [3.05, 3.63) is 59.4 Å². The minimum absolute atomic E-state index is 0.274. The van der Waals surface area contributed by atoms with E-state index in [-0.39, 0.29) is 11.9 Å². The van der Waals surface area contributed by atoms with Crippen LogP contribution in [0.25, 0.3) is 11.3 Å². The second-order valence-corrected chi connectivity index (χ2v) is 6.48. The number of nitrogens with one attached hydrogen (secondary N) is 1. The number of methoxy groups -OCH3 is 3. The van der Waals surface area contributed by atoms with E-state index in [0.29, 0.717) is 34.3 Å². The lowest BCUT2D eigenvalue weighted by Gasteiger charge is -2.19. The summed E-state index contributed by atoms with van der Waals surface area (Å²) in [6.07, 6.45) is 0. The molecule has 0 unspecified atom stereocenters. The molecular formula is C22H24N2O5. The molecule has 0 fully saturated rings. The number of benzene rings is 2. The van der Waals surface area contributed by atoms with Crippen LogP contribution in [0.3, 0.4) is 0 Å². The van der Waals surface area contributed by atoms with Crippen LogP contribution in [0.5, 0.6) is 17.2 Å². The average molecular weight is 396 g/mol. The van der Waals surface area contributed by atoms with Gasteiger partial charge in [-0.1, -0.05) is 35.5 Å². The summed E-state index contributed by atoms with van der Waals surface area (Å²) in [5.41, 5.74) is 2.55. The van der Waals surface area contributed by atoms with Crippen LogP contribution < -0.4 is 19.5 Å². The molecule has 29 heavy (non-hydrogen) atoms. The van der Waals surface area contributed by atoms with E-state index in [1.165, 1.54) is 0 Å². The van der Waals surface area contributed by atoms with Crippen molar-refractivity contribution in [1.29, 1.82) is 0 Å². The number of hydrogen-bond donors (Lipinski definition) is 1. The molecule has 0 saturated heterocycles. The molecule has 1 amide bonds. The summed E-state index contributed by atoms with van der Waals surface area (Å²) >= 11 is 0. The van der Waals surface area contributed by atoms with Crippen molar-refractivity contribution < 1.29 is 23.5 Å². The van der Waals surface area contributed by atoms with E-state index < -0.39 is 0 Å². The zero-order valence-corrected chi connectivity index (χ0v) is 17.1. The van der Waals surface area contributed by atoms with Gasteiger partial charge in [0.2, 0.25) is 5.75 Å². The largest absolute Gasteiger partial charge is 0.493 e. The molecule has 0 aliphatic carbocycles. The standard InChI is InChI=1S/C22H24N2O5/c1-13(16-11-17(26-3)21(28-5)18(12-16)27-4)23-22(25)19-14(2)29-24-20(19)15-9-7-6-8-10-15/h6-13H,1-5H3,(H,23,25)/t13-/m0/s1. The van der Waals surface area contributed by atoms with Crippen molar-refractivity contribution in [2.75, 3.05) is 21.3 Å². The summed E-state index contributed by atoms with van der Waals surface area (Å²) in [5, 5.41) is 7.07. The van der Waals surface area contributed by atoms with Crippen LogP contribution in [0.2, 0.25) is 0 Å². The minimum atomic E-state index is -0.325. The highest BCUT2D eigenvalue weighted by molar-refractivity contribution is 6.01. The molecule has 3 rings (SSSR count). The maximum absolute atomic E-state index is 13.0. The Morgan fingerprint density at radius 1 is 1.03 bits per heavy atom. The first kappa shape index (κ1) is 20.3. The Morgan fingerprint density at radius 2 is 1.66 bits per heavy atom. The Labute approximate surface area is 169 Å². The number of carbonyl (C=O) groups excluding carboxylic acids is 1. The van der Waals surface area contributed by atoms with Crippen molar-refractivity contribution >= 4 is 5.91 Å². The Hall–Kier alpha value is -3.48. The first-order valence-electron chi connectivity index (χ1n) is 9.12. The van der Waals surface area contributed by atoms with Gasteiger partial charge in [0, 0.05) is 5.56 Å². The van der Waals surface area contributed by atoms with Gasteiger partial charge in [-0.05, 0) is 31.5 Å². The normalized spacial score (nSPS) is 11.6. The van der Waals surface area contributed by atoms with Crippen LogP contribution in [-0.2, 0) is 0 Å². The quantitative estimate of drug-likeness (QED) is 0.645. The molecule has 1 atom stereocenters. The molecule has 0 aliphatic heterocycles. The highest BCUT2D eigenvalue weighted by Gasteiger charge is 2.24. The predicted octanol–water partition coefficient (Wildman–Crippen LogP) is 4.17. The van der Waals surface area contributed by atoms with Crippen LogP contribution in [-0.4, -0.2) is 32.4 Å². The maximum Gasteiger partial charge on any atom is 0.257 e. The Balaban J connectivity index is 1.90. The second kappa shape index (κ2) is 8.68. The number of carbonyl (C=O) groups is 1. The molecule has 0 saturated carbocycles. The molecule has 2 aromatic carbocycles. The molecule has 7 heteroatoms. The summed E-state index contributed by atoms with van der Waals surface area (Å²) in [5.74, 6) is 1.73. The molecule has 0 aliphatic rings. The highest BCUT2D eigenvalue weighted by Crippen LogP contribution is 2.39. The van der Waals surface area contributed by atoms with Crippen LogP contribution in [0.4, 0.5) is 0 Å². The number of ether oxygens (including phenoxy) is 3. The van der Waals surface area contributed by atoms with Crippen molar-refractivity contribution in [1.82, 2.24) is 10.5 Å². The summed E-state index contributed by atoms with van der Waals surface area (Å²) in [6.45, 7) is 3.60. The zero-order chi connectivity index (χ0) is 21.0. The van der Waals surface area contributed by atoms with Gasteiger partial charge in [0.15, 0.2) is 11.5 Å². The third-order valence-corrected chi connectivity index (χ3v) is 4.67. The smallest absolute Gasteiger partial charge is 0.257 e. The molecule has 0 spiro atoms. The van der Waals surface area contributed by atoms with E-state index in [1.807, 2.05) is 49.4 Å². The van der Waals surface area contributed by atoms with Crippen molar-refractivity contribution in [2.45, 2.75) is 19.9 Å². The first-order chi connectivity index (χ1) is 14.0. The third kappa shape index (κ3) is 4.03. The molecule has 0 bridgehead atoms. The lowest BCUT2D eigenvalue weighted by atomic mass is 10.0. The van der Waals surface area contributed by atoms with Gasteiger partial charge < -0.3 is 24.1 Å². The number of aryl methyl sites for hydroxylation is 1. The van der Waals surface area contributed by atoms with Crippen molar-refractivity contribution in [2.24, 2.45) is 0 Å². The van der Waals surface area contributed by atoms with Crippen LogP contribution in [0.1, 0.15) is 34.6 Å². The lowest BCUT2D eigenvalue weighted by Crippen LogP contribution is -2.27. The van der Waals surface area contributed by atoms with Gasteiger partial charge in [-0.2, -0.15) is 0 Å². The summed E-state index contributed by atoms with van der Waals surface area (Å²) in [6, 6.07) is 12.7. The van der Waals surface area contributed by atoms with Crippen LogP contribution >= 0.6 is 0 Å². The highest BCUT2D eigenvalue weighted by atomic mass is 16.5. The Morgan fingerprint density at radius 3 is 2.21 bits per heavy atom. The molecule has 7 nitrogen and oxygen atoms in total. The van der Waals surface area contributed by atoms with E-state index in [4.69, 9.17) is 18.7 Å². The first-order valence-corrected chi connectivity index (χ1v) is 9.12.